The number of rotatable bonds is 4. The molecule has 1 saturated heterocycles. The third-order valence-electron chi connectivity index (χ3n) is 3.23. The summed E-state index contributed by atoms with van der Waals surface area (Å²) in [4.78, 5) is 13.8. The molecule has 1 aliphatic rings. The number of carbonyl (C=O) groups excluding carboxylic acids is 1. The van der Waals surface area contributed by atoms with E-state index in [2.05, 4.69) is 4.90 Å². The lowest BCUT2D eigenvalue weighted by Crippen LogP contribution is -2.39. The molecule has 0 radical (unpaired) electrons. The first-order chi connectivity index (χ1) is 8.68. The van der Waals surface area contributed by atoms with Crippen LogP contribution in [0.5, 0.6) is 0 Å². The number of Topliss-reactive ketones (excluding diaryl/α,β-unsaturated/α-hetero) is 1. The third kappa shape index (κ3) is 3.31. The number of ketones is 1. The molecule has 0 bridgehead atoms. The van der Waals surface area contributed by atoms with Crippen LogP contribution in [0.4, 0.5) is 0 Å². The Morgan fingerprint density at radius 1 is 1.39 bits per heavy atom. The fraction of sp³-hybridized carbons (Fsp3) is 0.500. The molecule has 4 heteroatoms. The molecule has 1 fully saturated rings. The molecule has 1 unspecified atom stereocenters. The normalized spacial score (nSPS) is 18.6. The Bertz CT molecular complexity index is 416. The van der Waals surface area contributed by atoms with Crippen LogP contribution in [-0.4, -0.2) is 37.0 Å². The van der Waals surface area contributed by atoms with E-state index in [1.807, 2.05) is 24.3 Å². The van der Waals surface area contributed by atoms with Crippen LogP contribution < -0.4 is 0 Å². The zero-order valence-electron chi connectivity index (χ0n) is 10.6. The molecule has 1 aromatic rings. The topological polar surface area (TPSA) is 29.5 Å². The van der Waals surface area contributed by atoms with Gasteiger partial charge in [0.2, 0.25) is 0 Å². The molecule has 1 aromatic carbocycles. The van der Waals surface area contributed by atoms with E-state index in [0.717, 1.165) is 36.9 Å². The van der Waals surface area contributed by atoms with Crippen LogP contribution in [0.2, 0.25) is 5.02 Å². The number of ether oxygens (including phenoxy) is 1. The molecule has 2 rings (SSSR count). The van der Waals surface area contributed by atoms with Crippen molar-refractivity contribution in [2.75, 3.05) is 26.3 Å². The van der Waals surface area contributed by atoms with E-state index < -0.39 is 0 Å². The van der Waals surface area contributed by atoms with Crippen molar-refractivity contribution in [3.63, 3.8) is 0 Å². The van der Waals surface area contributed by atoms with Crippen LogP contribution in [0, 0.1) is 0 Å². The SMILES string of the molecule is CC(=O)CC(c1ccccc1Cl)N1CCOCC1. The molecule has 0 aromatic heterocycles. The molecule has 18 heavy (non-hydrogen) atoms. The van der Waals surface area contributed by atoms with Gasteiger partial charge in [-0.2, -0.15) is 0 Å². The first-order valence-electron chi connectivity index (χ1n) is 6.24. The molecule has 3 nitrogen and oxygen atoms in total. The lowest BCUT2D eigenvalue weighted by molar-refractivity contribution is -0.118. The Hall–Kier alpha value is -0.900. The summed E-state index contributed by atoms with van der Waals surface area (Å²) in [5.41, 5.74) is 1.04. The van der Waals surface area contributed by atoms with E-state index >= 15 is 0 Å². The first kappa shape index (κ1) is 13.5. The lowest BCUT2D eigenvalue weighted by Gasteiger charge is -2.34. The molecule has 0 N–H and O–H groups in total. The fourth-order valence-corrected chi connectivity index (χ4v) is 2.60. The highest BCUT2D eigenvalue weighted by atomic mass is 35.5. The number of benzene rings is 1. The lowest BCUT2D eigenvalue weighted by atomic mass is 9.99. The highest BCUT2D eigenvalue weighted by molar-refractivity contribution is 6.31. The second-order valence-corrected chi connectivity index (χ2v) is 5.00. The summed E-state index contributed by atoms with van der Waals surface area (Å²) in [5, 5.41) is 0.732. The van der Waals surface area contributed by atoms with Crippen molar-refractivity contribution in [1.82, 2.24) is 4.90 Å². The zero-order valence-corrected chi connectivity index (χ0v) is 11.3. The number of halogens is 1. The first-order valence-corrected chi connectivity index (χ1v) is 6.62. The van der Waals surface area contributed by atoms with Crippen molar-refractivity contribution >= 4 is 17.4 Å². The van der Waals surface area contributed by atoms with Gasteiger partial charge in [0.1, 0.15) is 5.78 Å². The standard InChI is InChI=1S/C14H18ClNO2/c1-11(17)10-14(16-6-8-18-9-7-16)12-4-2-3-5-13(12)15/h2-5,14H,6-10H2,1H3. The molecule has 98 valence electrons. The van der Waals surface area contributed by atoms with E-state index in [-0.39, 0.29) is 11.8 Å². The Kier molecular flexibility index (Phi) is 4.75. The Morgan fingerprint density at radius 3 is 2.67 bits per heavy atom. The number of hydrogen-bond donors (Lipinski definition) is 0. The summed E-state index contributed by atoms with van der Waals surface area (Å²) in [5.74, 6) is 0.186. The molecule has 0 saturated carbocycles. The largest absolute Gasteiger partial charge is 0.379 e. The van der Waals surface area contributed by atoms with Crippen LogP contribution in [0.1, 0.15) is 24.9 Å². The van der Waals surface area contributed by atoms with Crippen molar-refractivity contribution in [2.45, 2.75) is 19.4 Å². The molecule has 0 amide bonds. The summed E-state index contributed by atoms with van der Waals surface area (Å²) >= 11 is 6.25. The van der Waals surface area contributed by atoms with Crippen molar-refractivity contribution in [3.05, 3.63) is 34.9 Å². The summed E-state index contributed by atoms with van der Waals surface area (Å²) in [6.07, 6.45) is 0.504. The number of morpholine rings is 1. The average Bonchev–Trinajstić information content (AvgIpc) is 2.38. The van der Waals surface area contributed by atoms with Gasteiger partial charge in [-0.25, -0.2) is 0 Å². The second kappa shape index (κ2) is 6.32. The number of nitrogens with zero attached hydrogens (tertiary/aromatic N) is 1. The van der Waals surface area contributed by atoms with Gasteiger partial charge in [0.15, 0.2) is 0 Å². The van der Waals surface area contributed by atoms with Crippen molar-refractivity contribution < 1.29 is 9.53 Å². The molecule has 1 heterocycles. The Balaban J connectivity index is 2.24. The quantitative estimate of drug-likeness (QED) is 0.840. The monoisotopic (exact) mass is 267 g/mol. The van der Waals surface area contributed by atoms with Gasteiger partial charge in [-0.15, -0.1) is 0 Å². The summed E-state index contributed by atoms with van der Waals surface area (Å²) < 4.78 is 5.36. The zero-order chi connectivity index (χ0) is 13.0. The molecular formula is C14H18ClNO2. The number of hydrogen-bond acceptors (Lipinski definition) is 3. The summed E-state index contributed by atoms with van der Waals surface area (Å²) in [7, 11) is 0. The van der Waals surface area contributed by atoms with Crippen LogP contribution in [0.25, 0.3) is 0 Å². The van der Waals surface area contributed by atoms with Gasteiger partial charge in [-0.1, -0.05) is 29.8 Å². The minimum Gasteiger partial charge on any atom is -0.379 e. The van der Waals surface area contributed by atoms with Gasteiger partial charge in [-0.3, -0.25) is 9.69 Å². The molecule has 0 spiro atoms. The van der Waals surface area contributed by atoms with Gasteiger partial charge in [0, 0.05) is 30.6 Å². The van der Waals surface area contributed by atoms with Gasteiger partial charge in [0.05, 0.1) is 13.2 Å². The maximum Gasteiger partial charge on any atom is 0.131 e. The van der Waals surface area contributed by atoms with E-state index in [0.29, 0.717) is 6.42 Å². The fourth-order valence-electron chi connectivity index (χ4n) is 2.34. The Morgan fingerprint density at radius 2 is 2.06 bits per heavy atom. The van der Waals surface area contributed by atoms with Crippen LogP contribution >= 0.6 is 11.6 Å². The predicted molar refractivity (Wildman–Crippen MR) is 71.9 cm³/mol. The predicted octanol–water partition coefficient (Wildman–Crippen LogP) is 2.69. The van der Waals surface area contributed by atoms with E-state index in [1.165, 1.54) is 0 Å². The van der Waals surface area contributed by atoms with Crippen LogP contribution in [0.15, 0.2) is 24.3 Å². The smallest absolute Gasteiger partial charge is 0.131 e. The highest BCUT2D eigenvalue weighted by Gasteiger charge is 2.25. The molecule has 0 aliphatic carbocycles. The van der Waals surface area contributed by atoms with Crippen LogP contribution in [-0.2, 0) is 9.53 Å². The summed E-state index contributed by atoms with van der Waals surface area (Å²) in [6, 6.07) is 7.83. The number of carbonyl (C=O) groups is 1. The van der Waals surface area contributed by atoms with Gasteiger partial charge in [0.25, 0.3) is 0 Å². The average molecular weight is 268 g/mol. The van der Waals surface area contributed by atoms with Crippen molar-refractivity contribution in [2.24, 2.45) is 0 Å². The van der Waals surface area contributed by atoms with Crippen LogP contribution in [0.3, 0.4) is 0 Å². The van der Waals surface area contributed by atoms with E-state index in [9.17, 15) is 4.79 Å². The molecule has 1 aliphatic heterocycles. The summed E-state index contributed by atoms with van der Waals surface area (Å²) in [6.45, 7) is 4.77. The minimum absolute atomic E-state index is 0.0695. The van der Waals surface area contributed by atoms with Crippen molar-refractivity contribution in [1.29, 1.82) is 0 Å². The van der Waals surface area contributed by atoms with E-state index in [4.69, 9.17) is 16.3 Å². The van der Waals surface area contributed by atoms with Gasteiger partial charge in [-0.05, 0) is 18.6 Å². The van der Waals surface area contributed by atoms with E-state index in [1.54, 1.807) is 6.92 Å². The minimum atomic E-state index is 0.0695. The second-order valence-electron chi connectivity index (χ2n) is 4.59. The maximum absolute atomic E-state index is 11.5. The molecule has 1 atom stereocenters. The van der Waals surface area contributed by atoms with Gasteiger partial charge < -0.3 is 4.74 Å². The molecular weight excluding hydrogens is 250 g/mol. The highest BCUT2D eigenvalue weighted by Crippen LogP contribution is 2.30. The maximum atomic E-state index is 11.5. The Labute approximate surface area is 113 Å². The third-order valence-corrected chi connectivity index (χ3v) is 3.58. The van der Waals surface area contributed by atoms with Gasteiger partial charge >= 0.3 is 0 Å². The van der Waals surface area contributed by atoms with Crippen molar-refractivity contribution in [3.8, 4) is 0 Å².